The number of nitrogens with zero attached hydrogens (tertiary/aromatic N) is 2. The van der Waals surface area contributed by atoms with Gasteiger partial charge in [-0.25, -0.2) is 0 Å². The number of hydrogen-bond donors (Lipinski definition) is 0. The van der Waals surface area contributed by atoms with E-state index in [2.05, 4.69) is 17.1 Å². The van der Waals surface area contributed by atoms with E-state index in [1.807, 2.05) is 45.0 Å². The zero-order valence-corrected chi connectivity index (χ0v) is 9.78. The van der Waals surface area contributed by atoms with Crippen LogP contribution in [0.25, 0.3) is 10.9 Å². The normalized spacial score (nSPS) is 11.4. The number of nitriles is 1. The van der Waals surface area contributed by atoms with Crippen molar-refractivity contribution in [1.29, 1.82) is 5.26 Å². The number of fused-ring (bicyclic) bond motifs is 1. The van der Waals surface area contributed by atoms with Crippen LogP contribution < -0.4 is 0 Å². The first-order valence-electron chi connectivity index (χ1n) is 5.32. The van der Waals surface area contributed by atoms with Crippen LogP contribution in [0.4, 0.5) is 0 Å². The van der Waals surface area contributed by atoms with Crippen LogP contribution in [0.1, 0.15) is 25.1 Å². The van der Waals surface area contributed by atoms with E-state index in [4.69, 9.17) is 5.26 Å². The highest BCUT2D eigenvalue weighted by atomic mass is 14.7. The second-order valence-corrected chi connectivity index (χ2v) is 4.60. The molecule has 0 amide bonds. The van der Waals surface area contributed by atoms with Gasteiger partial charge < -0.3 is 0 Å². The lowest BCUT2D eigenvalue weighted by Crippen LogP contribution is -2.13. The van der Waals surface area contributed by atoms with Gasteiger partial charge in [0.2, 0.25) is 0 Å². The standard InChI is InChI=1S/C14H14N2/c1-10-4-5-11-8-12(14(2,3)9-15)6-7-13(11)16-10/h4-8H,1-3H3. The lowest BCUT2D eigenvalue weighted by Gasteiger charge is -2.16. The van der Waals surface area contributed by atoms with E-state index in [9.17, 15) is 0 Å². The van der Waals surface area contributed by atoms with Crippen molar-refractivity contribution in [3.8, 4) is 6.07 Å². The molecule has 0 bridgehead atoms. The molecule has 2 nitrogen and oxygen atoms in total. The fourth-order valence-electron chi connectivity index (χ4n) is 1.68. The molecule has 2 heteroatoms. The fourth-order valence-corrected chi connectivity index (χ4v) is 1.68. The Kier molecular flexibility index (Phi) is 2.40. The molecule has 0 spiro atoms. The summed E-state index contributed by atoms with van der Waals surface area (Å²) in [4.78, 5) is 4.44. The number of hydrogen-bond acceptors (Lipinski definition) is 2. The Bertz CT molecular complexity index is 577. The molecule has 0 unspecified atom stereocenters. The molecule has 2 aromatic rings. The van der Waals surface area contributed by atoms with Gasteiger partial charge in [-0.05, 0) is 44.5 Å². The maximum Gasteiger partial charge on any atom is 0.0766 e. The molecule has 0 aliphatic carbocycles. The number of rotatable bonds is 1. The third-order valence-electron chi connectivity index (χ3n) is 2.83. The Balaban J connectivity index is 2.62. The molecule has 1 heterocycles. The summed E-state index contributed by atoms with van der Waals surface area (Å²) < 4.78 is 0. The van der Waals surface area contributed by atoms with E-state index in [-0.39, 0.29) is 0 Å². The smallest absolute Gasteiger partial charge is 0.0766 e. The van der Waals surface area contributed by atoms with Crippen molar-refractivity contribution < 1.29 is 0 Å². The first-order chi connectivity index (χ1) is 7.53. The molecule has 0 radical (unpaired) electrons. The predicted molar refractivity (Wildman–Crippen MR) is 65.1 cm³/mol. The van der Waals surface area contributed by atoms with E-state index < -0.39 is 5.41 Å². The van der Waals surface area contributed by atoms with Gasteiger partial charge in [0, 0.05) is 11.1 Å². The molecular weight excluding hydrogens is 196 g/mol. The van der Waals surface area contributed by atoms with Crippen molar-refractivity contribution in [3.05, 3.63) is 41.6 Å². The number of aryl methyl sites for hydroxylation is 1. The Hall–Kier alpha value is -1.88. The van der Waals surface area contributed by atoms with Gasteiger partial charge in [-0.2, -0.15) is 5.26 Å². The van der Waals surface area contributed by atoms with Crippen LogP contribution in [-0.2, 0) is 5.41 Å². The zero-order chi connectivity index (χ0) is 11.8. The van der Waals surface area contributed by atoms with Gasteiger partial charge in [-0.1, -0.05) is 12.1 Å². The number of aromatic nitrogens is 1. The second kappa shape index (κ2) is 3.61. The summed E-state index contributed by atoms with van der Waals surface area (Å²) in [5.74, 6) is 0. The van der Waals surface area contributed by atoms with Gasteiger partial charge in [0.05, 0.1) is 17.0 Å². The lowest BCUT2D eigenvalue weighted by molar-refractivity contribution is 0.688. The molecule has 0 aliphatic rings. The Morgan fingerprint density at radius 1 is 1.19 bits per heavy atom. The molecule has 0 N–H and O–H groups in total. The molecular formula is C14H14N2. The van der Waals surface area contributed by atoms with Crippen LogP contribution in [0.15, 0.2) is 30.3 Å². The molecule has 0 atom stereocenters. The Morgan fingerprint density at radius 3 is 2.62 bits per heavy atom. The molecule has 1 aromatic heterocycles. The number of benzene rings is 1. The lowest BCUT2D eigenvalue weighted by atomic mass is 9.86. The van der Waals surface area contributed by atoms with Crippen molar-refractivity contribution in [2.24, 2.45) is 0 Å². The maximum atomic E-state index is 9.10. The molecule has 0 fully saturated rings. The van der Waals surface area contributed by atoms with Crippen LogP contribution >= 0.6 is 0 Å². The summed E-state index contributed by atoms with van der Waals surface area (Å²) in [5.41, 5.74) is 2.59. The maximum absolute atomic E-state index is 9.10. The molecule has 80 valence electrons. The van der Waals surface area contributed by atoms with E-state index >= 15 is 0 Å². The summed E-state index contributed by atoms with van der Waals surface area (Å²) >= 11 is 0. The molecule has 1 aromatic carbocycles. The van der Waals surface area contributed by atoms with Gasteiger partial charge in [0.1, 0.15) is 0 Å². The average Bonchev–Trinajstić information content (AvgIpc) is 2.28. The minimum Gasteiger partial charge on any atom is -0.253 e. The third-order valence-corrected chi connectivity index (χ3v) is 2.83. The molecule has 16 heavy (non-hydrogen) atoms. The van der Waals surface area contributed by atoms with Gasteiger partial charge in [0.25, 0.3) is 0 Å². The van der Waals surface area contributed by atoms with Crippen molar-refractivity contribution in [3.63, 3.8) is 0 Å². The molecule has 2 rings (SSSR count). The highest BCUT2D eigenvalue weighted by molar-refractivity contribution is 5.79. The van der Waals surface area contributed by atoms with Crippen LogP contribution in [0.5, 0.6) is 0 Å². The molecule has 0 aliphatic heterocycles. The second-order valence-electron chi connectivity index (χ2n) is 4.60. The SMILES string of the molecule is Cc1ccc2cc(C(C)(C)C#N)ccc2n1. The van der Waals surface area contributed by atoms with E-state index in [0.717, 1.165) is 22.2 Å². The first-order valence-corrected chi connectivity index (χ1v) is 5.32. The van der Waals surface area contributed by atoms with E-state index in [1.165, 1.54) is 0 Å². The van der Waals surface area contributed by atoms with Gasteiger partial charge >= 0.3 is 0 Å². The van der Waals surface area contributed by atoms with Crippen molar-refractivity contribution >= 4 is 10.9 Å². The van der Waals surface area contributed by atoms with Crippen LogP contribution in [0.2, 0.25) is 0 Å². The fraction of sp³-hybridized carbons (Fsp3) is 0.286. The summed E-state index contributed by atoms with van der Waals surface area (Å²) in [6.45, 7) is 5.83. The Morgan fingerprint density at radius 2 is 1.94 bits per heavy atom. The average molecular weight is 210 g/mol. The monoisotopic (exact) mass is 210 g/mol. The Labute approximate surface area is 95.6 Å². The minimum absolute atomic E-state index is 0.445. The van der Waals surface area contributed by atoms with Crippen LogP contribution in [0.3, 0.4) is 0 Å². The summed E-state index contributed by atoms with van der Waals surface area (Å²) in [6, 6.07) is 12.4. The van der Waals surface area contributed by atoms with Crippen molar-refractivity contribution in [2.75, 3.05) is 0 Å². The quantitative estimate of drug-likeness (QED) is 0.723. The third kappa shape index (κ3) is 1.77. The van der Waals surface area contributed by atoms with Crippen LogP contribution in [-0.4, -0.2) is 4.98 Å². The van der Waals surface area contributed by atoms with Crippen molar-refractivity contribution in [1.82, 2.24) is 4.98 Å². The first kappa shape index (κ1) is 10.6. The molecule has 0 saturated heterocycles. The minimum atomic E-state index is -0.445. The van der Waals surface area contributed by atoms with Gasteiger partial charge in [0.15, 0.2) is 0 Å². The molecule has 0 saturated carbocycles. The summed E-state index contributed by atoms with van der Waals surface area (Å²) in [7, 11) is 0. The largest absolute Gasteiger partial charge is 0.253 e. The van der Waals surface area contributed by atoms with Crippen molar-refractivity contribution in [2.45, 2.75) is 26.2 Å². The highest BCUT2D eigenvalue weighted by Gasteiger charge is 2.19. The zero-order valence-electron chi connectivity index (χ0n) is 9.78. The topological polar surface area (TPSA) is 36.7 Å². The van der Waals surface area contributed by atoms with Crippen LogP contribution in [0, 0.1) is 18.3 Å². The predicted octanol–water partition coefficient (Wildman–Crippen LogP) is 3.34. The van der Waals surface area contributed by atoms with E-state index in [0.29, 0.717) is 0 Å². The van der Waals surface area contributed by atoms with E-state index in [1.54, 1.807) is 0 Å². The highest BCUT2D eigenvalue weighted by Crippen LogP contribution is 2.25. The summed E-state index contributed by atoms with van der Waals surface area (Å²) in [6.07, 6.45) is 0. The van der Waals surface area contributed by atoms with Gasteiger partial charge in [-0.3, -0.25) is 4.98 Å². The van der Waals surface area contributed by atoms with Gasteiger partial charge in [-0.15, -0.1) is 0 Å². The number of pyridine rings is 1. The summed E-state index contributed by atoms with van der Waals surface area (Å²) in [5, 5.41) is 10.2.